The van der Waals surface area contributed by atoms with E-state index in [2.05, 4.69) is 20.4 Å². The molecule has 1 N–H and O–H groups in total. The highest BCUT2D eigenvalue weighted by molar-refractivity contribution is 6.03. The lowest BCUT2D eigenvalue weighted by atomic mass is 10.2. The molecule has 0 bridgehead atoms. The monoisotopic (exact) mass is 392 g/mol. The van der Waals surface area contributed by atoms with Crippen molar-refractivity contribution >= 4 is 24.0 Å². The molecule has 0 saturated carbocycles. The van der Waals surface area contributed by atoms with Gasteiger partial charge in [0.1, 0.15) is 17.3 Å². The van der Waals surface area contributed by atoms with Crippen LogP contribution in [0.25, 0.3) is 11.4 Å². The van der Waals surface area contributed by atoms with E-state index < -0.39 is 5.91 Å². The number of hydrogen-bond donors (Lipinski definition) is 1. The third kappa shape index (κ3) is 4.23. The fraction of sp³-hybridized carbons (Fsp3) is 0.250. The molecule has 3 heterocycles. The van der Waals surface area contributed by atoms with Crippen molar-refractivity contribution in [3.63, 3.8) is 0 Å². The van der Waals surface area contributed by atoms with Gasteiger partial charge in [-0.25, -0.2) is 9.97 Å². The van der Waals surface area contributed by atoms with E-state index in [1.807, 2.05) is 35.2 Å². The van der Waals surface area contributed by atoms with E-state index in [4.69, 9.17) is 4.52 Å². The predicted octanol–water partition coefficient (Wildman–Crippen LogP) is 1.97. The number of aryl methyl sites for hydroxylation is 1. The zero-order valence-corrected chi connectivity index (χ0v) is 15.9. The molecule has 1 aromatic carbocycles. The molecule has 0 unspecified atom stereocenters. The molecule has 4 rings (SSSR count). The number of nitrogens with one attached hydrogen (secondary N) is 1. The number of aromatic nitrogens is 3. The molecule has 2 aromatic heterocycles. The largest absolute Gasteiger partial charge is 0.360 e. The van der Waals surface area contributed by atoms with Gasteiger partial charge in [0.15, 0.2) is 11.6 Å². The van der Waals surface area contributed by atoms with E-state index in [0.717, 1.165) is 12.0 Å². The molecule has 3 aromatic rings. The summed E-state index contributed by atoms with van der Waals surface area (Å²) in [7, 11) is 0. The zero-order chi connectivity index (χ0) is 20.2. The first-order valence-electron chi connectivity index (χ1n) is 9.26. The van der Waals surface area contributed by atoms with Gasteiger partial charge in [0, 0.05) is 43.9 Å². The lowest BCUT2D eigenvalue weighted by molar-refractivity contribution is -0.118. The Labute approximate surface area is 167 Å². The molecule has 0 atom stereocenters. The molecule has 1 aliphatic rings. The Morgan fingerprint density at radius 2 is 1.86 bits per heavy atom. The minimum absolute atomic E-state index is 0.229. The molecule has 29 heavy (non-hydrogen) atoms. The first kappa shape index (κ1) is 18.6. The summed E-state index contributed by atoms with van der Waals surface area (Å²) in [4.78, 5) is 36.6. The first-order chi connectivity index (χ1) is 14.1. The quantitative estimate of drug-likeness (QED) is 0.662. The highest BCUT2D eigenvalue weighted by Crippen LogP contribution is 2.22. The Morgan fingerprint density at radius 1 is 1.10 bits per heavy atom. The summed E-state index contributed by atoms with van der Waals surface area (Å²) in [6, 6.07) is 12.8. The lowest BCUT2D eigenvalue weighted by Gasteiger charge is -2.33. The average molecular weight is 392 g/mol. The fourth-order valence-electron chi connectivity index (χ4n) is 3.09. The molecule has 2 amide bonds. The smallest absolute Gasteiger partial charge is 0.275 e. The van der Waals surface area contributed by atoms with Crippen LogP contribution in [0.1, 0.15) is 16.2 Å². The Hall–Kier alpha value is -3.75. The van der Waals surface area contributed by atoms with E-state index in [1.54, 1.807) is 24.0 Å². The molecule has 148 valence electrons. The van der Waals surface area contributed by atoms with Gasteiger partial charge < -0.3 is 19.6 Å². The summed E-state index contributed by atoms with van der Waals surface area (Å²) in [5, 5.41) is 6.49. The van der Waals surface area contributed by atoms with Crippen molar-refractivity contribution in [1.29, 1.82) is 0 Å². The maximum Gasteiger partial charge on any atom is 0.275 e. The summed E-state index contributed by atoms with van der Waals surface area (Å²) >= 11 is 0. The SMILES string of the molecule is Cc1cc(NC(=O)c2cc(N3CCN(C=O)CC3)nc(-c3ccccc3)n2)no1. The van der Waals surface area contributed by atoms with Gasteiger partial charge in [0.2, 0.25) is 6.41 Å². The Balaban J connectivity index is 1.66. The van der Waals surface area contributed by atoms with Crippen LogP contribution < -0.4 is 10.2 Å². The van der Waals surface area contributed by atoms with Crippen molar-refractivity contribution in [2.75, 3.05) is 36.4 Å². The number of hydrogen-bond acceptors (Lipinski definition) is 7. The number of carbonyl (C=O) groups is 2. The number of benzene rings is 1. The number of nitrogens with zero attached hydrogens (tertiary/aromatic N) is 5. The third-order valence-corrected chi connectivity index (χ3v) is 4.63. The molecular formula is C20H20N6O3. The van der Waals surface area contributed by atoms with Crippen LogP contribution in [-0.4, -0.2) is 58.5 Å². The summed E-state index contributed by atoms with van der Waals surface area (Å²) in [6.07, 6.45) is 0.853. The van der Waals surface area contributed by atoms with Gasteiger partial charge >= 0.3 is 0 Å². The van der Waals surface area contributed by atoms with Crippen LogP contribution >= 0.6 is 0 Å². The van der Waals surface area contributed by atoms with Gasteiger partial charge in [-0.1, -0.05) is 35.5 Å². The fourth-order valence-corrected chi connectivity index (χ4v) is 3.09. The second kappa shape index (κ2) is 8.09. The topological polar surface area (TPSA) is 104 Å². The van der Waals surface area contributed by atoms with E-state index in [-0.39, 0.29) is 5.69 Å². The number of amides is 2. The highest BCUT2D eigenvalue weighted by atomic mass is 16.5. The van der Waals surface area contributed by atoms with Crippen molar-refractivity contribution in [2.24, 2.45) is 0 Å². The lowest BCUT2D eigenvalue weighted by Crippen LogP contribution is -2.46. The highest BCUT2D eigenvalue weighted by Gasteiger charge is 2.21. The summed E-state index contributed by atoms with van der Waals surface area (Å²) in [5.74, 6) is 1.63. The average Bonchev–Trinajstić information content (AvgIpc) is 3.18. The summed E-state index contributed by atoms with van der Waals surface area (Å²) < 4.78 is 5.00. The molecule has 1 fully saturated rings. The van der Waals surface area contributed by atoms with E-state index in [1.165, 1.54) is 0 Å². The standard InChI is InChI=1S/C20H20N6O3/c1-14-11-17(24-29-14)22-20(28)16-12-18(26-9-7-25(13-27)8-10-26)23-19(21-16)15-5-3-2-4-6-15/h2-6,11-13H,7-10H2,1H3,(H,22,24,28). The van der Waals surface area contributed by atoms with Crippen molar-refractivity contribution in [1.82, 2.24) is 20.0 Å². The van der Waals surface area contributed by atoms with Crippen LogP contribution in [0.2, 0.25) is 0 Å². The van der Waals surface area contributed by atoms with Crippen LogP contribution in [0.4, 0.5) is 11.6 Å². The molecular weight excluding hydrogens is 372 g/mol. The number of carbonyl (C=O) groups excluding carboxylic acids is 2. The van der Waals surface area contributed by atoms with Crippen molar-refractivity contribution in [2.45, 2.75) is 6.92 Å². The molecule has 0 aliphatic carbocycles. The van der Waals surface area contributed by atoms with Crippen LogP contribution in [0.15, 0.2) is 47.0 Å². The van der Waals surface area contributed by atoms with E-state index >= 15 is 0 Å². The normalized spacial score (nSPS) is 14.0. The second-order valence-corrected chi connectivity index (χ2v) is 6.71. The van der Waals surface area contributed by atoms with Crippen molar-refractivity contribution < 1.29 is 14.1 Å². The molecule has 9 heteroatoms. The van der Waals surface area contributed by atoms with Crippen LogP contribution in [-0.2, 0) is 4.79 Å². The molecule has 1 saturated heterocycles. The van der Waals surface area contributed by atoms with E-state index in [9.17, 15) is 9.59 Å². The zero-order valence-electron chi connectivity index (χ0n) is 15.9. The minimum atomic E-state index is -0.398. The van der Waals surface area contributed by atoms with Crippen molar-refractivity contribution in [3.8, 4) is 11.4 Å². The van der Waals surface area contributed by atoms with Gasteiger partial charge in [-0.2, -0.15) is 0 Å². The van der Waals surface area contributed by atoms with Gasteiger partial charge in [0.05, 0.1) is 0 Å². The number of rotatable bonds is 5. The molecule has 9 nitrogen and oxygen atoms in total. The Bertz CT molecular complexity index is 1010. The second-order valence-electron chi connectivity index (χ2n) is 6.71. The van der Waals surface area contributed by atoms with Gasteiger partial charge in [-0.3, -0.25) is 9.59 Å². The van der Waals surface area contributed by atoms with Crippen LogP contribution in [0, 0.1) is 6.92 Å². The Kier molecular flexibility index (Phi) is 5.19. The number of anilines is 2. The molecule has 0 radical (unpaired) electrons. The van der Waals surface area contributed by atoms with Crippen molar-refractivity contribution in [3.05, 3.63) is 53.9 Å². The third-order valence-electron chi connectivity index (χ3n) is 4.63. The summed E-state index contributed by atoms with van der Waals surface area (Å²) in [6.45, 7) is 4.22. The summed E-state index contributed by atoms with van der Waals surface area (Å²) in [5.41, 5.74) is 1.04. The first-order valence-corrected chi connectivity index (χ1v) is 9.26. The van der Waals surface area contributed by atoms with Gasteiger partial charge in [-0.05, 0) is 6.92 Å². The predicted molar refractivity (Wildman–Crippen MR) is 107 cm³/mol. The maximum absolute atomic E-state index is 12.8. The molecule has 0 spiro atoms. The van der Waals surface area contributed by atoms with Crippen LogP contribution in [0.5, 0.6) is 0 Å². The Morgan fingerprint density at radius 3 is 2.52 bits per heavy atom. The van der Waals surface area contributed by atoms with Gasteiger partial charge in [-0.15, -0.1) is 0 Å². The van der Waals surface area contributed by atoms with E-state index in [0.29, 0.717) is 49.4 Å². The van der Waals surface area contributed by atoms with Gasteiger partial charge in [0.25, 0.3) is 5.91 Å². The molecule has 1 aliphatic heterocycles. The minimum Gasteiger partial charge on any atom is -0.360 e. The maximum atomic E-state index is 12.8. The van der Waals surface area contributed by atoms with Crippen LogP contribution in [0.3, 0.4) is 0 Å². The number of piperazine rings is 1.